The first-order chi connectivity index (χ1) is 21.9. The van der Waals surface area contributed by atoms with Crippen LogP contribution in [0.1, 0.15) is 23.2 Å². The van der Waals surface area contributed by atoms with Crippen LogP contribution in [0.15, 0.2) is 63.8 Å². The molecule has 0 spiro atoms. The number of ether oxygens (including phenoxy) is 1. The van der Waals surface area contributed by atoms with E-state index in [2.05, 4.69) is 20.9 Å². The van der Waals surface area contributed by atoms with Gasteiger partial charge in [0.25, 0.3) is 0 Å². The Morgan fingerprint density at radius 3 is 2.50 bits per heavy atom. The topological polar surface area (TPSA) is 259 Å². The van der Waals surface area contributed by atoms with E-state index in [0.29, 0.717) is 47.2 Å². The van der Waals surface area contributed by atoms with Crippen LogP contribution in [0, 0.1) is 0 Å². The van der Waals surface area contributed by atoms with Crippen LogP contribution in [0.4, 0.5) is 10.5 Å². The first-order valence-corrected chi connectivity index (χ1v) is 14.3. The highest BCUT2D eigenvalue weighted by molar-refractivity contribution is 7.80. The monoisotopic (exact) mass is 650 g/mol. The van der Waals surface area contributed by atoms with Crippen LogP contribution in [0.3, 0.4) is 0 Å². The normalized spacial score (nSPS) is 11.4. The third-order valence-corrected chi connectivity index (χ3v) is 6.96. The van der Waals surface area contributed by atoms with Gasteiger partial charge in [0.1, 0.15) is 23.7 Å². The summed E-state index contributed by atoms with van der Waals surface area (Å²) in [4.78, 5) is 50.9. The van der Waals surface area contributed by atoms with Gasteiger partial charge in [0.2, 0.25) is 5.91 Å². The molecule has 1 heterocycles. The number of phenolic OH excluding ortho intramolecular Hbond substituents is 1. The molecule has 12 N–H and O–H groups in total. The lowest BCUT2D eigenvalue weighted by molar-refractivity contribution is -0.459. The minimum Gasteiger partial charge on any atom is -0.508 e. The van der Waals surface area contributed by atoms with E-state index in [0.717, 1.165) is 0 Å². The number of carboxylic acids is 1. The van der Waals surface area contributed by atoms with E-state index in [4.69, 9.17) is 38.6 Å². The molecule has 2 aromatic rings. The van der Waals surface area contributed by atoms with Crippen LogP contribution < -0.4 is 43.6 Å². The van der Waals surface area contributed by atoms with Crippen LogP contribution in [-0.2, 0) is 9.53 Å². The number of fused-ring (bicyclic) bond motifs is 2. The largest absolute Gasteiger partial charge is 0.508 e. The summed E-state index contributed by atoms with van der Waals surface area (Å²) in [5.74, 6) is -1.47. The van der Waals surface area contributed by atoms with Crippen LogP contribution in [-0.4, -0.2) is 65.0 Å². The Kier molecular flexibility index (Phi) is 10.6. The molecule has 1 atom stereocenters. The molecule has 1 aliphatic heterocycles. The molecule has 240 valence electrons. The third-order valence-electron chi connectivity index (χ3n) is 6.71. The van der Waals surface area contributed by atoms with Crippen LogP contribution >= 0.6 is 12.2 Å². The van der Waals surface area contributed by atoms with Crippen molar-refractivity contribution in [3.8, 4) is 28.2 Å². The van der Waals surface area contributed by atoms with Gasteiger partial charge in [-0.3, -0.25) is 26.0 Å². The third kappa shape index (κ3) is 8.60. The quantitative estimate of drug-likeness (QED) is 0.0321. The molecule has 2 amide bonds. The van der Waals surface area contributed by atoms with Gasteiger partial charge in [0.05, 0.1) is 24.7 Å². The minimum atomic E-state index is -1.23. The summed E-state index contributed by atoms with van der Waals surface area (Å²) in [5, 5.41) is 29.1. The smallest absolute Gasteiger partial charge is 0.404 e. The minimum absolute atomic E-state index is 0.0372. The molecule has 2 aliphatic rings. The molecule has 15 nitrogen and oxygen atoms in total. The van der Waals surface area contributed by atoms with Crippen LogP contribution in [0.5, 0.6) is 5.75 Å². The Morgan fingerprint density at radius 2 is 1.78 bits per heavy atom. The highest BCUT2D eigenvalue weighted by atomic mass is 32.1. The van der Waals surface area contributed by atoms with Crippen molar-refractivity contribution in [1.29, 1.82) is 0 Å². The molecule has 0 saturated carbocycles. The molecule has 0 radical (unpaired) electrons. The van der Waals surface area contributed by atoms with E-state index in [1.54, 1.807) is 24.3 Å². The van der Waals surface area contributed by atoms with E-state index < -0.39 is 24.0 Å². The van der Waals surface area contributed by atoms with Gasteiger partial charge < -0.3 is 41.1 Å². The van der Waals surface area contributed by atoms with Crippen molar-refractivity contribution in [3.05, 3.63) is 70.4 Å². The zero-order valence-electron chi connectivity index (χ0n) is 24.3. The number of nitrogens with one attached hydrogen (secondary N) is 4. The van der Waals surface area contributed by atoms with E-state index in [9.17, 15) is 29.4 Å². The summed E-state index contributed by atoms with van der Waals surface area (Å²) in [6.45, 7) is 0.0468. The highest BCUT2D eigenvalue weighted by Crippen LogP contribution is 2.42. The molecule has 0 unspecified atom stereocenters. The average Bonchev–Trinajstić information content (AvgIpc) is 2.99. The number of nitrogens with two attached hydrogens (primary N) is 3. The van der Waals surface area contributed by atoms with Gasteiger partial charge in [-0.25, -0.2) is 9.59 Å². The SMILES string of the molecule is NC(=O)OC[C@H](CCC[NH+]=C(N)N)NC(=O)CNC(=S)Nc1ccc(-c2c3ccc(=O)cc-3oc3cc(O)ccc23)c(C(=O)O)c1. The lowest BCUT2D eigenvalue weighted by Crippen LogP contribution is -2.78. The van der Waals surface area contributed by atoms with E-state index in [1.165, 1.54) is 30.3 Å². The Morgan fingerprint density at radius 1 is 1.02 bits per heavy atom. The lowest BCUT2D eigenvalue weighted by atomic mass is 9.90. The van der Waals surface area contributed by atoms with Crippen molar-refractivity contribution < 1.29 is 38.7 Å². The number of benzene rings is 3. The number of anilines is 1. The summed E-state index contributed by atoms with van der Waals surface area (Å²) in [6, 6.07) is 12.7. The molecule has 0 fully saturated rings. The number of carboxylic acid groups (broad SMARTS) is 1. The molecule has 46 heavy (non-hydrogen) atoms. The fourth-order valence-electron chi connectivity index (χ4n) is 4.74. The van der Waals surface area contributed by atoms with Crippen molar-refractivity contribution in [2.45, 2.75) is 18.9 Å². The highest BCUT2D eigenvalue weighted by Gasteiger charge is 2.22. The number of carbonyl (C=O) groups excluding carboxylic acids is 2. The Hall–Kier alpha value is -5.90. The maximum absolute atomic E-state index is 12.6. The Labute approximate surface area is 266 Å². The number of carbonyl (C=O) groups is 3. The molecular formula is C30H32N7O8S+. The number of rotatable bonds is 12. The van der Waals surface area contributed by atoms with Gasteiger partial charge in [-0.05, 0) is 67.0 Å². The van der Waals surface area contributed by atoms with Gasteiger partial charge in [0, 0.05) is 34.3 Å². The Bertz CT molecular complexity index is 1850. The predicted octanol–water partition coefficient (Wildman–Crippen LogP) is -0.0307. The summed E-state index contributed by atoms with van der Waals surface area (Å²) < 4.78 is 10.7. The first-order valence-electron chi connectivity index (χ1n) is 13.9. The number of guanidine groups is 1. The molecule has 0 saturated heterocycles. The average molecular weight is 651 g/mol. The van der Waals surface area contributed by atoms with Gasteiger partial charge in [-0.1, -0.05) is 6.07 Å². The maximum atomic E-state index is 12.6. The lowest BCUT2D eigenvalue weighted by Gasteiger charge is -2.19. The molecule has 2 aromatic carbocycles. The molecule has 4 rings (SSSR count). The van der Waals surface area contributed by atoms with E-state index >= 15 is 0 Å². The second-order valence-corrected chi connectivity index (χ2v) is 10.5. The fraction of sp³-hybridized carbons (Fsp3) is 0.200. The number of amides is 2. The predicted molar refractivity (Wildman–Crippen MR) is 173 cm³/mol. The number of hydrogen-bond acceptors (Lipinski definition) is 8. The summed E-state index contributed by atoms with van der Waals surface area (Å²) >= 11 is 5.31. The number of hydrogen-bond donors (Lipinski definition) is 9. The Balaban J connectivity index is 1.49. The number of phenols is 1. The van der Waals surface area contributed by atoms with Gasteiger partial charge >= 0.3 is 18.0 Å². The zero-order valence-corrected chi connectivity index (χ0v) is 25.1. The number of aromatic carboxylic acids is 1. The molecule has 1 aliphatic carbocycles. The van der Waals surface area contributed by atoms with Gasteiger partial charge in [-0.2, -0.15) is 0 Å². The summed E-state index contributed by atoms with van der Waals surface area (Å²) in [6.07, 6.45) is -0.0103. The zero-order chi connectivity index (χ0) is 33.4. The molecule has 0 aromatic heterocycles. The van der Waals surface area contributed by atoms with Crippen molar-refractivity contribution in [2.75, 3.05) is 25.0 Å². The number of thiocarbonyl (C=S) groups is 1. The van der Waals surface area contributed by atoms with Gasteiger partial charge in [-0.15, -0.1) is 0 Å². The standard InChI is InChI=1S/C30H31N7O8S/c31-28(32)34-9-1-2-16(14-44-29(33)43)36-25(40)13-35-30(46)37-15-3-6-19(22(10-15)27(41)42)26-20-7-4-17(38)11-23(20)45-24-12-18(39)5-8-21(24)26/h3-8,10-12,16,38H,1-2,9,13-14H2,(H2,33,43)(H,36,40)(H,41,42)(H4,31,32,34)(H2,35,37,46)/p+1/t16-/m0/s1. The van der Waals surface area contributed by atoms with Crippen LogP contribution in [0.25, 0.3) is 33.4 Å². The molecular weight excluding hydrogens is 618 g/mol. The van der Waals surface area contributed by atoms with Gasteiger partial charge in [0.15, 0.2) is 10.5 Å². The van der Waals surface area contributed by atoms with Crippen LogP contribution in [0.2, 0.25) is 0 Å². The number of primary amides is 1. The van der Waals surface area contributed by atoms with Crippen molar-refractivity contribution in [3.63, 3.8) is 0 Å². The van der Waals surface area contributed by atoms with Crippen molar-refractivity contribution >= 4 is 57.9 Å². The number of aromatic hydroxyl groups is 1. The first kappa shape index (κ1) is 33.0. The molecule has 16 heteroatoms. The maximum Gasteiger partial charge on any atom is 0.404 e. The van der Waals surface area contributed by atoms with E-state index in [1.807, 2.05) is 0 Å². The second-order valence-electron chi connectivity index (χ2n) is 10.1. The summed E-state index contributed by atoms with van der Waals surface area (Å²) in [7, 11) is 0. The van der Waals surface area contributed by atoms with E-state index in [-0.39, 0.29) is 52.3 Å². The van der Waals surface area contributed by atoms with Crippen molar-refractivity contribution in [1.82, 2.24) is 10.6 Å². The second kappa shape index (κ2) is 14.7. The summed E-state index contributed by atoms with van der Waals surface area (Å²) in [5.41, 5.74) is 17.3. The molecule has 0 bridgehead atoms. The van der Waals surface area contributed by atoms with Crippen molar-refractivity contribution in [2.24, 2.45) is 17.2 Å². The fourth-order valence-corrected chi connectivity index (χ4v) is 4.93.